The average molecular weight is 326 g/mol. The second kappa shape index (κ2) is 6.26. The zero-order valence-electron chi connectivity index (χ0n) is 12.9. The van der Waals surface area contributed by atoms with Gasteiger partial charge in [-0.1, -0.05) is 41.4 Å². The molecule has 0 spiro atoms. The van der Waals surface area contributed by atoms with Gasteiger partial charge < -0.3 is 5.32 Å². The van der Waals surface area contributed by atoms with E-state index in [-0.39, 0.29) is 5.91 Å². The number of nitrogens with zero attached hydrogens (tertiary/aromatic N) is 1. The van der Waals surface area contributed by atoms with E-state index in [2.05, 4.69) is 15.5 Å². The Kier molecular flexibility index (Phi) is 4.17. The summed E-state index contributed by atoms with van der Waals surface area (Å²) in [7, 11) is 0. The van der Waals surface area contributed by atoms with Crippen molar-refractivity contribution in [3.63, 3.8) is 0 Å². The van der Waals surface area contributed by atoms with Gasteiger partial charge in [-0.25, -0.2) is 0 Å². The van der Waals surface area contributed by atoms with Gasteiger partial charge in [-0.05, 0) is 43.7 Å². The van der Waals surface area contributed by atoms with Gasteiger partial charge in [-0.2, -0.15) is 5.10 Å². The monoisotopic (exact) mass is 325 g/mol. The number of aromatic nitrogens is 2. The molecule has 1 amide bonds. The van der Waals surface area contributed by atoms with E-state index in [0.29, 0.717) is 10.7 Å². The Morgan fingerprint density at radius 3 is 2.52 bits per heavy atom. The quantitative estimate of drug-likeness (QED) is 0.739. The minimum Gasteiger partial charge on any atom is -0.320 e. The van der Waals surface area contributed by atoms with Crippen LogP contribution in [0.3, 0.4) is 0 Å². The molecular weight excluding hydrogens is 310 g/mol. The van der Waals surface area contributed by atoms with Crippen LogP contribution in [0, 0.1) is 13.8 Å². The molecule has 0 saturated heterocycles. The van der Waals surface area contributed by atoms with E-state index < -0.39 is 0 Å². The van der Waals surface area contributed by atoms with E-state index in [1.165, 1.54) is 5.56 Å². The highest BCUT2D eigenvalue weighted by Crippen LogP contribution is 2.21. The van der Waals surface area contributed by atoms with Crippen molar-refractivity contribution in [2.45, 2.75) is 13.8 Å². The van der Waals surface area contributed by atoms with Crippen LogP contribution in [0.15, 0.2) is 48.5 Å². The number of carbonyl (C=O) groups excluding carboxylic acids is 1. The van der Waals surface area contributed by atoms with Crippen LogP contribution in [0.1, 0.15) is 21.6 Å². The lowest BCUT2D eigenvalue weighted by Crippen LogP contribution is -2.13. The highest BCUT2D eigenvalue weighted by molar-refractivity contribution is 6.30. The molecule has 2 aromatic carbocycles. The zero-order chi connectivity index (χ0) is 16.4. The van der Waals surface area contributed by atoms with Gasteiger partial charge in [0.05, 0.1) is 5.69 Å². The fraction of sp³-hybridized carbons (Fsp3) is 0.111. The first-order valence-corrected chi connectivity index (χ1v) is 7.61. The Bertz CT molecular complexity index is 853. The maximum Gasteiger partial charge on any atom is 0.273 e. The largest absolute Gasteiger partial charge is 0.320 e. The van der Waals surface area contributed by atoms with Crippen molar-refractivity contribution in [3.8, 4) is 11.3 Å². The molecule has 4 nitrogen and oxygen atoms in total. The molecular formula is C18H16ClN3O. The van der Waals surface area contributed by atoms with Gasteiger partial charge in [-0.15, -0.1) is 0 Å². The van der Waals surface area contributed by atoms with E-state index >= 15 is 0 Å². The highest BCUT2D eigenvalue weighted by atomic mass is 35.5. The Labute approximate surface area is 139 Å². The molecule has 3 rings (SSSR count). The van der Waals surface area contributed by atoms with Crippen molar-refractivity contribution in [2.75, 3.05) is 5.32 Å². The maximum absolute atomic E-state index is 12.3. The van der Waals surface area contributed by atoms with Crippen LogP contribution in [0.4, 0.5) is 5.69 Å². The molecule has 1 heterocycles. The normalized spacial score (nSPS) is 10.6. The van der Waals surface area contributed by atoms with Gasteiger partial charge in [-0.3, -0.25) is 9.89 Å². The molecule has 0 radical (unpaired) electrons. The first-order valence-electron chi connectivity index (χ1n) is 7.23. The van der Waals surface area contributed by atoms with E-state index in [4.69, 9.17) is 11.6 Å². The molecule has 5 heteroatoms. The predicted molar refractivity (Wildman–Crippen MR) is 92.9 cm³/mol. The van der Waals surface area contributed by atoms with Crippen LogP contribution in [0.2, 0.25) is 5.02 Å². The van der Waals surface area contributed by atoms with E-state index in [1.807, 2.05) is 44.2 Å². The minimum atomic E-state index is -0.235. The maximum atomic E-state index is 12.3. The van der Waals surface area contributed by atoms with Gasteiger partial charge in [0.25, 0.3) is 5.91 Å². The summed E-state index contributed by atoms with van der Waals surface area (Å²) in [5.74, 6) is -0.235. The Morgan fingerprint density at radius 2 is 1.83 bits per heavy atom. The molecule has 0 fully saturated rings. The number of carbonyl (C=O) groups is 1. The topological polar surface area (TPSA) is 57.8 Å². The van der Waals surface area contributed by atoms with Crippen molar-refractivity contribution in [1.29, 1.82) is 0 Å². The number of nitrogens with one attached hydrogen (secondary N) is 2. The molecule has 3 aromatic rings. The van der Waals surface area contributed by atoms with Crippen molar-refractivity contribution >= 4 is 23.2 Å². The predicted octanol–water partition coefficient (Wildman–Crippen LogP) is 4.60. The van der Waals surface area contributed by atoms with Crippen LogP contribution in [-0.2, 0) is 0 Å². The number of halogens is 1. The molecule has 1 aromatic heterocycles. The van der Waals surface area contributed by atoms with Gasteiger partial charge in [0, 0.05) is 16.3 Å². The van der Waals surface area contributed by atoms with Crippen molar-refractivity contribution in [2.24, 2.45) is 0 Å². The van der Waals surface area contributed by atoms with Gasteiger partial charge in [0.1, 0.15) is 5.69 Å². The minimum absolute atomic E-state index is 0.235. The molecule has 2 N–H and O–H groups in total. The second-order valence-corrected chi connectivity index (χ2v) is 5.88. The van der Waals surface area contributed by atoms with Gasteiger partial charge in [0.15, 0.2) is 0 Å². The summed E-state index contributed by atoms with van der Waals surface area (Å²) in [6.45, 7) is 3.92. The summed E-state index contributed by atoms with van der Waals surface area (Å²) in [4.78, 5) is 12.3. The standard InChI is InChI=1S/C18H16ClN3O/c1-11-3-5-13(6-4-11)16-10-17(22-21-16)18(23)20-15-8-7-14(19)9-12(15)2/h3-10H,1-2H3,(H,20,23)(H,21,22). The lowest BCUT2D eigenvalue weighted by Gasteiger charge is -2.07. The fourth-order valence-corrected chi connectivity index (χ4v) is 2.49. The van der Waals surface area contributed by atoms with Gasteiger partial charge in [0.2, 0.25) is 0 Å². The third-order valence-electron chi connectivity index (χ3n) is 3.61. The molecule has 0 saturated carbocycles. The molecule has 0 aliphatic rings. The molecule has 116 valence electrons. The fourth-order valence-electron chi connectivity index (χ4n) is 2.27. The van der Waals surface area contributed by atoms with Crippen LogP contribution in [-0.4, -0.2) is 16.1 Å². The Hall–Kier alpha value is -2.59. The Morgan fingerprint density at radius 1 is 1.09 bits per heavy atom. The van der Waals surface area contributed by atoms with E-state index in [1.54, 1.807) is 18.2 Å². The van der Waals surface area contributed by atoms with Crippen LogP contribution in [0.25, 0.3) is 11.3 Å². The van der Waals surface area contributed by atoms with Crippen LogP contribution < -0.4 is 5.32 Å². The summed E-state index contributed by atoms with van der Waals surface area (Å²) in [6.07, 6.45) is 0. The summed E-state index contributed by atoms with van der Waals surface area (Å²) in [5.41, 5.74) is 4.93. The van der Waals surface area contributed by atoms with E-state index in [9.17, 15) is 4.79 Å². The number of hydrogen-bond acceptors (Lipinski definition) is 2. The zero-order valence-corrected chi connectivity index (χ0v) is 13.6. The SMILES string of the molecule is Cc1ccc(-c2cc(C(=O)Nc3ccc(Cl)cc3C)[nH]n2)cc1. The molecule has 0 unspecified atom stereocenters. The molecule has 23 heavy (non-hydrogen) atoms. The van der Waals surface area contributed by atoms with Crippen LogP contribution in [0.5, 0.6) is 0 Å². The molecule has 0 atom stereocenters. The summed E-state index contributed by atoms with van der Waals surface area (Å²) in [6, 6.07) is 15.1. The number of rotatable bonds is 3. The third-order valence-corrected chi connectivity index (χ3v) is 3.84. The average Bonchev–Trinajstić information content (AvgIpc) is 3.01. The first kappa shape index (κ1) is 15.3. The summed E-state index contributed by atoms with van der Waals surface area (Å²) < 4.78 is 0. The second-order valence-electron chi connectivity index (χ2n) is 5.45. The van der Waals surface area contributed by atoms with Gasteiger partial charge >= 0.3 is 0 Å². The van der Waals surface area contributed by atoms with Crippen molar-refractivity contribution < 1.29 is 4.79 Å². The molecule has 0 bridgehead atoms. The Balaban J connectivity index is 1.79. The van der Waals surface area contributed by atoms with Crippen molar-refractivity contribution in [1.82, 2.24) is 10.2 Å². The number of anilines is 1. The summed E-state index contributed by atoms with van der Waals surface area (Å²) in [5, 5.41) is 10.5. The molecule has 0 aliphatic carbocycles. The lowest BCUT2D eigenvalue weighted by molar-refractivity contribution is 0.102. The highest BCUT2D eigenvalue weighted by Gasteiger charge is 2.12. The number of benzene rings is 2. The lowest BCUT2D eigenvalue weighted by atomic mass is 10.1. The number of hydrogen-bond donors (Lipinski definition) is 2. The number of aromatic amines is 1. The number of amides is 1. The van der Waals surface area contributed by atoms with Crippen LogP contribution >= 0.6 is 11.6 Å². The van der Waals surface area contributed by atoms with E-state index in [0.717, 1.165) is 22.5 Å². The van der Waals surface area contributed by atoms with Crippen molar-refractivity contribution in [3.05, 3.63) is 70.4 Å². The third kappa shape index (κ3) is 3.43. The number of aryl methyl sites for hydroxylation is 2. The molecule has 0 aliphatic heterocycles. The summed E-state index contributed by atoms with van der Waals surface area (Å²) >= 11 is 5.92. The first-order chi connectivity index (χ1) is 11.0. The number of H-pyrrole nitrogens is 1. The smallest absolute Gasteiger partial charge is 0.273 e.